The van der Waals surface area contributed by atoms with Crippen molar-refractivity contribution in [2.45, 2.75) is 20.0 Å². The summed E-state index contributed by atoms with van der Waals surface area (Å²) in [6.45, 7) is 3.78. The maximum atomic E-state index is 12.5. The summed E-state index contributed by atoms with van der Waals surface area (Å²) in [7, 11) is 0. The molecule has 3 heterocycles. The van der Waals surface area contributed by atoms with E-state index in [0.717, 1.165) is 28.2 Å². The molecule has 0 aliphatic carbocycles. The molecule has 0 saturated carbocycles. The van der Waals surface area contributed by atoms with Gasteiger partial charge < -0.3 is 14.0 Å². The minimum Gasteiger partial charge on any atom is -0.351 e. The van der Waals surface area contributed by atoms with E-state index in [1.165, 1.54) is 0 Å². The number of carbonyl (C=O) groups is 1. The molecule has 0 fully saturated rings. The molecule has 2 aromatic heterocycles. The van der Waals surface area contributed by atoms with Crippen LogP contribution in [-0.4, -0.2) is 27.1 Å². The Morgan fingerprint density at radius 2 is 2.14 bits per heavy atom. The van der Waals surface area contributed by atoms with E-state index in [1.54, 1.807) is 17.9 Å². The lowest BCUT2D eigenvalue weighted by atomic mass is 10.2. The summed E-state index contributed by atoms with van der Waals surface area (Å²) in [6, 6.07) is 9.64. The summed E-state index contributed by atoms with van der Waals surface area (Å²) in [5, 5.41) is 5.61. The summed E-state index contributed by atoms with van der Waals surface area (Å²) < 4.78 is 7.31. The van der Waals surface area contributed by atoms with Crippen LogP contribution in [0, 0.1) is 6.92 Å². The van der Waals surface area contributed by atoms with E-state index >= 15 is 0 Å². The Bertz CT molecular complexity index is 881. The molecule has 0 saturated heterocycles. The zero-order valence-electron chi connectivity index (χ0n) is 12.0. The van der Waals surface area contributed by atoms with Gasteiger partial charge in [0.25, 0.3) is 5.91 Å². The molecule has 6 heteroatoms. The third-order valence-electron chi connectivity index (χ3n) is 4.02. The van der Waals surface area contributed by atoms with Gasteiger partial charge in [0.15, 0.2) is 0 Å². The molecule has 22 heavy (non-hydrogen) atoms. The molecule has 0 unspecified atom stereocenters. The van der Waals surface area contributed by atoms with Crippen LogP contribution in [0.4, 0.5) is 0 Å². The third-order valence-corrected chi connectivity index (χ3v) is 4.26. The van der Waals surface area contributed by atoms with Crippen LogP contribution in [0.25, 0.3) is 10.9 Å². The van der Waals surface area contributed by atoms with E-state index in [1.807, 2.05) is 18.2 Å². The smallest absolute Gasteiger partial charge is 0.292 e. The Morgan fingerprint density at radius 3 is 2.91 bits per heavy atom. The first-order valence-corrected chi connectivity index (χ1v) is 7.50. The summed E-state index contributed by atoms with van der Waals surface area (Å²) in [5.74, 6) is 0.181. The van der Waals surface area contributed by atoms with Crippen LogP contribution in [0.15, 0.2) is 34.9 Å². The number of rotatable bonds is 1. The van der Waals surface area contributed by atoms with E-state index in [0.29, 0.717) is 24.5 Å². The van der Waals surface area contributed by atoms with E-state index in [4.69, 9.17) is 16.1 Å². The number of halogens is 1. The van der Waals surface area contributed by atoms with Crippen molar-refractivity contribution in [2.75, 3.05) is 6.54 Å². The van der Waals surface area contributed by atoms with Gasteiger partial charge >= 0.3 is 0 Å². The normalized spacial score (nSPS) is 14.4. The number of aromatic nitrogens is 2. The standard InChI is InChI=1S/C16H14ClN3O2/c1-10-6-15(22-18-10)16(21)19-4-5-20-13(9-19)8-11-7-12(17)2-3-14(11)20/h2-3,6-8H,4-5,9H2,1H3. The van der Waals surface area contributed by atoms with Crippen LogP contribution in [-0.2, 0) is 13.1 Å². The highest BCUT2D eigenvalue weighted by atomic mass is 35.5. The van der Waals surface area contributed by atoms with E-state index in [9.17, 15) is 4.79 Å². The number of nitrogens with zero attached hydrogens (tertiary/aromatic N) is 3. The maximum absolute atomic E-state index is 12.5. The number of benzene rings is 1. The highest BCUT2D eigenvalue weighted by Gasteiger charge is 2.25. The van der Waals surface area contributed by atoms with Crippen molar-refractivity contribution in [3.8, 4) is 0 Å². The van der Waals surface area contributed by atoms with Crippen molar-refractivity contribution >= 4 is 28.4 Å². The Morgan fingerprint density at radius 1 is 1.27 bits per heavy atom. The van der Waals surface area contributed by atoms with Crippen LogP contribution in [0.3, 0.4) is 0 Å². The predicted octanol–water partition coefficient (Wildman–Crippen LogP) is 3.25. The molecule has 3 aromatic rings. The van der Waals surface area contributed by atoms with Crippen molar-refractivity contribution in [1.82, 2.24) is 14.6 Å². The topological polar surface area (TPSA) is 51.3 Å². The average molecular weight is 316 g/mol. The summed E-state index contributed by atoms with van der Waals surface area (Å²) in [5.41, 5.74) is 2.97. The van der Waals surface area contributed by atoms with Crippen LogP contribution in [0.5, 0.6) is 0 Å². The van der Waals surface area contributed by atoms with Gasteiger partial charge in [-0.15, -0.1) is 0 Å². The van der Waals surface area contributed by atoms with Gasteiger partial charge in [-0.3, -0.25) is 4.79 Å². The highest BCUT2D eigenvalue weighted by Crippen LogP contribution is 2.27. The number of amides is 1. The van der Waals surface area contributed by atoms with Crippen molar-refractivity contribution in [3.63, 3.8) is 0 Å². The largest absolute Gasteiger partial charge is 0.351 e. The lowest BCUT2D eigenvalue weighted by molar-refractivity contribution is 0.0670. The molecule has 1 aliphatic rings. The molecule has 0 bridgehead atoms. The van der Waals surface area contributed by atoms with E-state index in [-0.39, 0.29) is 5.91 Å². The van der Waals surface area contributed by atoms with Gasteiger partial charge in [-0.1, -0.05) is 16.8 Å². The molecule has 0 N–H and O–H groups in total. The number of fused-ring (bicyclic) bond motifs is 3. The molecule has 0 spiro atoms. The van der Waals surface area contributed by atoms with Crippen LogP contribution < -0.4 is 0 Å². The second kappa shape index (κ2) is 4.88. The molecule has 1 aliphatic heterocycles. The first-order chi connectivity index (χ1) is 10.6. The average Bonchev–Trinajstić information content (AvgIpc) is 3.08. The van der Waals surface area contributed by atoms with Gasteiger partial charge in [0.2, 0.25) is 5.76 Å². The van der Waals surface area contributed by atoms with Crippen LogP contribution >= 0.6 is 11.6 Å². The molecular formula is C16H14ClN3O2. The fraction of sp³-hybridized carbons (Fsp3) is 0.250. The molecule has 1 amide bonds. The van der Waals surface area contributed by atoms with Gasteiger partial charge in [-0.2, -0.15) is 0 Å². The van der Waals surface area contributed by atoms with Crippen LogP contribution in [0.1, 0.15) is 21.9 Å². The zero-order valence-corrected chi connectivity index (χ0v) is 12.8. The summed E-state index contributed by atoms with van der Waals surface area (Å²) in [6.07, 6.45) is 0. The number of hydrogen-bond donors (Lipinski definition) is 0. The van der Waals surface area contributed by atoms with Gasteiger partial charge in [-0.05, 0) is 31.2 Å². The molecule has 5 nitrogen and oxygen atoms in total. The Balaban J connectivity index is 1.66. The lowest BCUT2D eigenvalue weighted by Crippen LogP contribution is -2.37. The van der Waals surface area contributed by atoms with Crippen molar-refractivity contribution in [1.29, 1.82) is 0 Å². The Kier molecular flexibility index (Phi) is 2.97. The first kappa shape index (κ1) is 13.4. The summed E-state index contributed by atoms with van der Waals surface area (Å²) >= 11 is 6.05. The second-order valence-electron chi connectivity index (χ2n) is 5.55. The zero-order chi connectivity index (χ0) is 15.3. The number of aryl methyl sites for hydroxylation is 1. The Hall–Kier alpha value is -2.27. The minimum atomic E-state index is -0.116. The second-order valence-corrected chi connectivity index (χ2v) is 5.99. The van der Waals surface area contributed by atoms with Crippen molar-refractivity contribution < 1.29 is 9.32 Å². The third kappa shape index (κ3) is 2.09. The first-order valence-electron chi connectivity index (χ1n) is 7.12. The van der Waals surface area contributed by atoms with Crippen molar-refractivity contribution in [3.05, 3.63) is 52.5 Å². The summed E-state index contributed by atoms with van der Waals surface area (Å²) in [4.78, 5) is 14.2. The van der Waals surface area contributed by atoms with Gasteiger partial charge in [0.05, 0.1) is 12.2 Å². The van der Waals surface area contributed by atoms with Gasteiger partial charge in [0, 0.05) is 40.8 Å². The van der Waals surface area contributed by atoms with E-state index < -0.39 is 0 Å². The number of hydrogen-bond acceptors (Lipinski definition) is 3. The van der Waals surface area contributed by atoms with Crippen molar-refractivity contribution in [2.24, 2.45) is 0 Å². The molecule has 1 aromatic carbocycles. The fourth-order valence-electron chi connectivity index (χ4n) is 2.98. The SMILES string of the molecule is Cc1cc(C(=O)N2CCn3c(cc4cc(Cl)ccc43)C2)on1. The molecule has 112 valence electrons. The molecular weight excluding hydrogens is 302 g/mol. The molecule has 0 radical (unpaired) electrons. The highest BCUT2D eigenvalue weighted by molar-refractivity contribution is 6.31. The number of carbonyl (C=O) groups excluding carboxylic acids is 1. The maximum Gasteiger partial charge on any atom is 0.292 e. The molecule has 4 rings (SSSR count). The van der Waals surface area contributed by atoms with Gasteiger partial charge in [-0.25, -0.2) is 0 Å². The minimum absolute atomic E-state index is 0.116. The predicted molar refractivity (Wildman–Crippen MR) is 82.9 cm³/mol. The fourth-order valence-corrected chi connectivity index (χ4v) is 3.16. The quantitative estimate of drug-likeness (QED) is 0.692. The van der Waals surface area contributed by atoms with Gasteiger partial charge in [0.1, 0.15) is 0 Å². The lowest BCUT2D eigenvalue weighted by Gasteiger charge is -2.28. The monoisotopic (exact) mass is 315 g/mol. The molecule has 0 atom stereocenters. The van der Waals surface area contributed by atoms with E-state index in [2.05, 4.69) is 15.8 Å². The Labute approximate surface area is 132 Å². The van der Waals surface area contributed by atoms with Crippen LogP contribution in [0.2, 0.25) is 5.02 Å².